The van der Waals surface area contributed by atoms with Crippen molar-refractivity contribution in [1.29, 1.82) is 0 Å². The van der Waals surface area contributed by atoms with Gasteiger partial charge in [-0.05, 0) is 79.3 Å². The minimum atomic E-state index is -0.276. The molecule has 0 heterocycles. The number of ketones is 1. The van der Waals surface area contributed by atoms with Gasteiger partial charge in [0.1, 0.15) is 0 Å². The largest absolute Gasteiger partial charge is 0.392 e. The van der Waals surface area contributed by atoms with Crippen LogP contribution in [0.15, 0.2) is 23.8 Å². The van der Waals surface area contributed by atoms with E-state index < -0.39 is 0 Å². The zero-order chi connectivity index (χ0) is 18.0. The number of hydrogen-bond donors (Lipinski definition) is 1. The van der Waals surface area contributed by atoms with Crippen molar-refractivity contribution in [2.24, 2.45) is 40.4 Å². The lowest BCUT2D eigenvalue weighted by atomic mass is 9.46. The van der Waals surface area contributed by atoms with Gasteiger partial charge in [-0.15, -0.1) is 0 Å². The Labute approximate surface area is 165 Å². The zero-order valence-corrected chi connectivity index (χ0v) is 17.8. The van der Waals surface area contributed by atoms with Gasteiger partial charge in [0.25, 0.3) is 0 Å². The first-order chi connectivity index (χ1) is 11.8. The molecule has 138 valence electrons. The number of allylic oxidation sites excluding steroid dienone is 3. The van der Waals surface area contributed by atoms with E-state index in [1.807, 2.05) is 6.08 Å². The quantitative estimate of drug-likeness (QED) is 0.474. The Hall–Kier alpha value is -0.160. The van der Waals surface area contributed by atoms with Crippen molar-refractivity contribution in [2.45, 2.75) is 59.0 Å². The zero-order valence-electron chi connectivity index (χ0n) is 15.7. The van der Waals surface area contributed by atoms with E-state index in [9.17, 15) is 9.90 Å². The summed E-state index contributed by atoms with van der Waals surface area (Å²) in [6.07, 6.45) is 11.2. The van der Waals surface area contributed by atoms with Gasteiger partial charge in [0, 0.05) is 9.84 Å². The average molecular weight is 454 g/mol. The van der Waals surface area contributed by atoms with Crippen LogP contribution in [-0.4, -0.2) is 21.4 Å². The smallest absolute Gasteiger partial charge is 0.178 e. The Morgan fingerprint density at radius 2 is 2.04 bits per heavy atom. The van der Waals surface area contributed by atoms with Gasteiger partial charge in [0.15, 0.2) is 5.78 Å². The molecule has 0 aromatic heterocycles. The summed E-state index contributed by atoms with van der Waals surface area (Å²) < 4.78 is 1.23. The molecular weight excluding hydrogens is 423 g/mol. The lowest BCUT2D eigenvalue weighted by Crippen LogP contribution is -2.55. The molecule has 4 aliphatic carbocycles. The molecule has 1 unspecified atom stereocenters. The second kappa shape index (κ2) is 6.19. The lowest BCUT2D eigenvalue weighted by molar-refractivity contribution is -0.112. The van der Waals surface area contributed by atoms with Crippen LogP contribution < -0.4 is 0 Å². The molecule has 0 saturated heterocycles. The van der Waals surface area contributed by atoms with Crippen molar-refractivity contribution in [2.75, 3.05) is 4.43 Å². The van der Waals surface area contributed by atoms with Crippen molar-refractivity contribution in [3.63, 3.8) is 0 Å². The molecule has 2 nitrogen and oxygen atoms in total. The molecule has 3 heteroatoms. The van der Waals surface area contributed by atoms with Crippen molar-refractivity contribution in [1.82, 2.24) is 0 Å². The van der Waals surface area contributed by atoms with E-state index in [2.05, 4.69) is 49.4 Å². The minimum absolute atomic E-state index is 0.0217. The maximum Gasteiger partial charge on any atom is 0.178 e. The molecule has 3 saturated carbocycles. The third-order valence-electron chi connectivity index (χ3n) is 8.58. The molecular formula is C22H31IO2. The number of fused-ring (bicyclic) bond motifs is 5. The van der Waals surface area contributed by atoms with Crippen LogP contribution in [0.3, 0.4) is 0 Å². The van der Waals surface area contributed by atoms with Crippen LogP contribution in [0.5, 0.6) is 0 Å². The maximum absolute atomic E-state index is 11.9. The van der Waals surface area contributed by atoms with Crippen molar-refractivity contribution in [3.05, 3.63) is 23.8 Å². The Morgan fingerprint density at radius 1 is 1.28 bits per heavy atom. The van der Waals surface area contributed by atoms with Crippen LogP contribution >= 0.6 is 22.6 Å². The highest BCUT2D eigenvalue weighted by molar-refractivity contribution is 14.1. The second-order valence-electron chi connectivity index (χ2n) is 9.61. The molecule has 8 atom stereocenters. The Bertz CT molecular complexity index is 638. The standard InChI is InChI=1S/C22H31IO2/c1-13(12-23)16-4-5-17-20-18(7-9-22(16,17)3)21(2)8-6-15(24)10-14(21)11-19(20)25/h6,8,10,13,16-20,25H,4-5,7,9,11-12H2,1-3H3/t13?,16-,17+,18+,19-,20+,21+,22-/m1/s1. The second-order valence-corrected chi connectivity index (χ2v) is 10.5. The minimum Gasteiger partial charge on any atom is -0.392 e. The number of aliphatic hydroxyl groups excluding tert-OH is 1. The first-order valence-electron chi connectivity index (χ1n) is 9.99. The molecule has 4 rings (SSSR count). The SMILES string of the molecule is CC(CI)[C@H]1CC[C@H]2[C@@H]3[C@H](O)CC4=CC(=O)C=C[C@]4(C)[C@H]3CC[C@]12C. The third kappa shape index (κ3) is 2.55. The number of aliphatic hydroxyl groups is 1. The number of rotatable bonds is 2. The molecule has 0 amide bonds. The molecule has 0 bridgehead atoms. The van der Waals surface area contributed by atoms with E-state index >= 15 is 0 Å². The summed E-state index contributed by atoms with van der Waals surface area (Å²) in [5.41, 5.74) is 1.54. The molecule has 4 aliphatic rings. The highest BCUT2D eigenvalue weighted by atomic mass is 127. The van der Waals surface area contributed by atoms with Crippen LogP contribution in [0.25, 0.3) is 0 Å². The van der Waals surface area contributed by atoms with Gasteiger partial charge in [-0.25, -0.2) is 0 Å². The van der Waals surface area contributed by atoms with Gasteiger partial charge >= 0.3 is 0 Å². The number of halogens is 1. The summed E-state index contributed by atoms with van der Waals surface area (Å²) in [7, 11) is 0. The van der Waals surface area contributed by atoms with Crippen LogP contribution in [0, 0.1) is 40.4 Å². The van der Waals surface area contributed by atoms with Crippen molar-refractivity contribution in [3.8, 4) is 0 Å². The highest BCUT2D eigenvalue weighted by Crippen LogP contribution is 2.66. The van der Waals surface area contributed by atoms with Gasteiger partial charge in [-0.2, -0.15) is 0 Å². The molecule has 0 aliphatic heterocycles. The Morgan fingerprint density at radius 3 is 2.76 bits per heavy atom. The van der Waals surface area contributed by atoms with Gasteiger partial charge in [-0.3, -0.25) is 4.79 Å². The summed E-state index contributed by atoms with van der Waals surface area (Å²) in [6.45, 7) is 7.26. The number of carbonyl (C=O) groups is 1. The first kappa shape index (κ1) is 18.2. The number of alkyl halides is 1. The fraction of sp³-hybridized carbons (Fsp3) is 0.773. The third-order valence-corrected chi connectivity index (χ3v) is 9.97. The topological polar surface area (TPSA) is 37.3 Å². The van der Waals surface area contributed by atoms with Gasteiger partial charge in [0.05, 0.1) is 6.10 Å². The molecule has 0 radical (unpaired) electrons. The van der Waals surface area contributed by atoms with Gasteiger partial charge in [0.2, 0.25) is 0 Å². The van der Waals surface area contributed by atoms with Crippen LogP contribution in [0.1, 0.15) is 52.9 Å². The van der Waals surface area contributed by atoms with Gasteiger partial charge < -0.3 is 5.11 Å². The van der Waals surface area contributed by atoms with E-state index in [-0.39, 0.29) is 17.3 Å². The molecule has 1 N–H and O–H groups in total. The molecule has 0 aromatic rings. The molecule has 3 fully saturated rings. The predicted molar refractivity (Wildman–Crippen MR) is 110 cm³/mol. The van der Waals surface area contributed by atoms with Crippen molar-refractivity contribution < 1.29 is 9.90 Å². The van der Waals surface area contributed by atoms with Crippen LogP contribution in [0.4, 0.5) is 0 Å². The molecule has 0 spiro atoms. The Balaban J connectivity index is 1.69. The summed E-state index contributed by atoms with van der Waals surface area (Å²) in [5.74, 6) is 3.18. The fourth-order valence-corrected chi connectivity index (χ4v) is 7.87. The number of hydrogen-bond acceptors (Lipinski definition) is 2. The van der Waals surface area contributed by atoms with E-state index in [0.29, 0.717) is 29.6 Å². The molecule has 25 heavy (non-hydrogen) atoms. The lowest BCUT2D eigenvalue weighted by Gasteiger charge is -2.58. The summed E-state index contributed by atoms with van der Waals surface area (Å²) >= 11 is 2.55. The molecule has 0 aromatic carbocycles. The van der Waals surface area contributed by atoms with Gasteiger partial charge in [-0.1, -0.05) is 55.0 Å². The highest BCUT2D eigenvalue weighted by Gasteiger charge is 2.61. The summed E-state index contributed by atoms with van der Waals surface area (Å²) in [5, 5.41) is 11.1. The normalized spacial score (nSPS) is 49.9. The average Bonchev–Trinajstić information content (AvgIpc) is 2.93. The van der Waals surface area contributed by atoms with Crippen LogP contribution in [0.2, 0.25) is 0 Å². The Kier molecular flexibility index (Phi) is 4.51. The maximum atomic E-state index is 11.9. The fourth-order valence-electron chi connectivity index (χ4n) is 7.25. The predicted octanol–water partition coefficient (Wildman–Crippen LogP) is 4.95. The first-order valence-corrected chi connectivity index (χ1v) is 11.5. The summed E-state index contributed by atoms with van der Waals surface area (Å²) in [4.78, 5) is 11.9. The van der Waals surface area contributed by atoms with E-state index in [4.69, 9.17) is 0 Å². The van der Waals surface area contributed by atoms with E-state index in [1.165, 1.54) is 35.7 Å². The van der Waals surface area contributed by atoms with Crippen LogP contribution in [-0.2, 0) is 4.79 Å². The monoisotopic (exact) mass is 454 g/mol. The number of carbonyl (C=O) groups excluding carboxylic acids is 1. The summed E-state index contributed by atoms with van der Waals surface area (Å²) in [6, 6.07) is 0. The van der Waals surface area contributed by atoms with E-state index in [0.717, 1.165) is 11.8 Å². The van der Waals surface area contributed by atoms with E-state index in [1.54, 1.807) is 6.08 Å². The van der Waals surface area contributed by atoms with Crippen molar-refractivity contribution >= 4 is 28.4 Å².